The van der Waals surface area contributed by atoms with Gasteiger partial charge in [0.15, 0.2) is 0 Å². The zero-order chi connectivity index (χ0) is 12.4. The van der Waals surface area contributed by atoms with E-state index in [4.69, 9.17) is 5.26 Å². The van der Waals surface area contributed by atoms with Gasteiger partial charge in [0.05, 0.1) is 11.5 Å². The van der Waals surface area contributed by atoms with Crippen LogP contribution in [0.3, 0.4) is 0 Å². The number of nitriles is 1. The average molecular weight is 224 g/mol. The molecule has 0 aromatic heterocycles. The van der Waals surface area contributed by atoms with Gasteiger partial charge in [0.1, 0.15) is 0 Å². The van der Waals surface area contributed by atoms with Gasteiger partial charge in [-0.25, -0.2) is 0 Å². The first-order valence-corrected chi connectivity index (χ1v) is 6.66. The second-order valence-corrected chi connectivity index (χ2v) is 5.45. The van der Waals surface area contributed by atoms with Crippen molar-refractivity contribution in [2.45, 2.75) is 72.3 Å². The molecule has 0 radical (unpaired) electrons. The van der Waals surface area contributed by atoms with Gasteiger partial charge in [0, 0.05) is 6.04 Å². The molecule has 16 heavy (non-hydrogen) atoms. The van der Waals surface area contributed by atoms with E-state index in [9.17, 15) is 0 Å². The Morgan fingerprint density at radius 1 is 1.25 bits per heavy atom. The highest BCUT2D eigenvalue weighted by molar-refractivity contribution is 4.91. The maximum absolute atomic E-state index is 8.87. The highest BCUT2D eigenvalue weighted by Crippen LogP contribution is 2.21. The molecule has 0 aliphatic heterocycles. The number of unbranched alkanes of at least 4 members (excludes halogenated alkanes) is 2. The Morgan fingerprint density at radius 3 is 2.50 bits per heavy atom. The van der Waals surface area contributed by atoms with Crippen LogP contribution in [0.5, 0.6) is 0 Å². The van der Waals surface area contributed by atoms with Gasteiger partial charge in [-0.05, 0) is 46.6 Å². The number of rotatable bonds is 9. The molecule has 0 aromatic carbocycles. The van der Waals surface area contributed by atoms with Crippen LogP contribution in [0.25, 0.3) is 0 Å². The van der Waals surface area contributed by atoms with E-state index >= 15 is 0 Å². The Bertz CT molecular complexity index is 203. The SMILES string of the molecule is CCCCC(C)NCCCCC(C)(C)C#N. The lowest BCUT2D eigenvalue weighted by molar-refractivity contribution is 0.412. The van der Waals surface area contributed by atoms with E-state index in [0.29, 0.717) is 6.04 Å². The molecular weight excluding hydrogens is 196 g/mol. The van der Waals surface area contributed by atoms with Crippen LogP contribution in [-0.4, -0.2) is 12.6 Å². The minimum atomic E-state index is -0.145. The van der Waals surface area contributed by atoms with Crippen molar-refractivity contribution in [3.63, 3.8) is 0 Å². The van der Waals surface area contributed by atoms with E-state index < -0.39 is 0 Å². The third-order valence-electron chi connectivity index (χ3n) is 3.01. The summed E-state index contributed by atoms with van der Waals surface area (Å²) in [6.07, 6.45) is 7.21. The zero-order valence-electron chi connectivity index (χ0n) is 11.5. The van der Waals surface area contributed by atoms with Crippen LogP contribution in [0.1, 0.15) is 66.2 Å². The predicted molar refractivity (Wildman–Crippen MR) is 70.2 cm³/mol. The standard InChI is InChI=1S/C14H28N2/c1-5-6-9-13(2)16-11-8-7-10-14(3,4)12-15/h13,16H,5-11H2,1-4H3. The topological polar surface area (TPSA) is 35.8 Å². The van der Waals surface area contributed by atoms with Gasteiger partial charge in [-0.2, -0.15) is 5.26 Å². The molecule has 0 rings (SSSR count). The van der Waals surface area contributed by atoms with E-state index in [2.05, 4.69) is 25.2 Å². The Balaban J connectivity index is 3.37. The van der Waals surface area contributed by atoms with E-state index in [0.717, 1.165) is 19.4 Å². The van der Waals surface area contributed by atoms with Gasteiger partial charge in [-0.1, -0.05) is 26.2 Å². The van der Waals surface area contributed by atoms with E-state index in [1.807, 2.05) is 13.8 Å². The average Bonchev–Trinajstić information content (AvgIpc) is 2.25. The summed E-state index contributed by atoms with van der Waals surface area (Å²) >= 11 is 0. The van der Waals surface area contributed by atoms with Crippen molar-refractivity contribution in [1.82, 2.24) is 5.32 Å². The van der Waals surface area contributed by atoms with Crippen molar-refractivity contribution in [2.75, 3.05) is 6.54 Å². The summed E-state index contributed by atoms with van der Waals surface area (Å²) in [5.74, 6) is 0. The monoisotopic (exact) mass is 224 g/mol. The van der Waals surface area contributed by atoms with Crippen molar-refractivity contribution < 1.29 is 0 Å². The van der Waals surface area contributed by atoms with Gasteiger partial charge in [-0.15, -0.1) is 0 Å². The molecule has 0 heterocycles. The number of hydrogen-bond acceptors (Lipinski definition) is 2. The molecule has 2 nitrogen and oxygen atoms in total. The molecule has 0 spiro atoms. The highest BCUT2D eigenvalue weighted by atomic mass is 14.9. The maximum atomic E-state index is 8.87. The van der Waals surface area contributed by atoms with Gasteiger partial charge < -0.3 is 5.32 Å². The Morgan fingerprint density at radius 2 is 1.94 bits per heavy atom. The Labute approximate surface area is 101 Å². The summed E-state index contributed by atoms with van der Waals surface area (Å²) in [6, 6.07) is 2.99. The summed E-state index contributed by atoms with van der Waals surface area (Å²) in [4.78, 5) is 0. The highest BCUT2D eigenvalue weighted by Gasteiger charge is 2.15. The largest absolute Gasteiger partial charge is 0.314 e. The van der Waals surface area contributed by atoms with Gasteiger partial charge in [0.25, 0.3) is 0 Å². The number of nitrogens with zero attached hydrogens (tertiary/aromatic N) is 1. The molecule has 1 atom stereocenters. The van der Waals surface area contributed by atoms with Crippen LogP contribution in [0.4, 0.5) is 0 Å². The van der Waals surface area contributed by atoms with E-state index in [1.54, 1.807) is 0 Å². The van der Waals surface area contributed by atoms with Crippen LogP contribution in [0.2, 0.25) is 0 Å². The number of hydrogen-bond donors (Lipinski definition) is 1. The molecule has 0 aliphatic rings. The summed E-state index contributed by atoms with van der Waals surface area (Å²) < 4.78 is 0. The van der Waals surface area contributed by atoms with Crippen molar-refractivity contribution in [2.24, 2.45) is 5.41 Å². The quantitative estimate of drug-likeness (QED) is 0.603. The normalized spacial score (nSPS) is 13.4. The molecule has 0 amide bonds. The minimum absolute atomic E-state index is 0.145. The molecule has 0 aliphatic carbocycles. The Kier molecular flexibility index (Phi) is 8.29. The van der Waals surface area contributed by atoms with E-state index in [-0.39, 0.29) is 5.41 Å². The van der Waals surface area contributed by atoms with Crippen LogP contribution < -0.4 is 5.32 Å². The van der Waals surface area contributed by atoms with Crippen molar-refractivity contribution >= 4 is 0 Å². The van der Waals surface area contributed by atoms with Crippen molar-refractivity contribution in [1.29, 1.82) is 5.26 Å². The molecule has 2 heteroatoms. The fraction of sp³-hybridized carbons (Fsp3) is 0.929. The maximum Gasteiger partial charge on any atom is 0.0683 e. The summed E-state index contributed by atoms with van der Waals surface area (Å²) in [6.45, 7) is 9.62. The molecule has 1 N–H and O–H groups in total. The smallest absolute Gasteiger partial charge is 0.0683 e. The second kappa shape index (κ2) is 8.58. The molecule has 0 saturated heterocycles. The fourth-order valence-electron chi connectivity index (χ4n) is 1.71. The predicted octanol–water partition coefficient (Wildman–Crippen LogP) is 3.87. The lowest BCUT2D eigenvalue weighted by atomic mass is 9.89. The Hall–Kier alpha value is -0.550. The molecule has 94 valence electrons. The summed E-state index contributed by atoms with van der Waals surface area (Å²) in [5.41, 5.74) is -0.145. The first-order valence-electron chi connectivity index (χ1n) is 6.66. The second-order valence-electron chi connectivity index (χ2n) is 5.45. The van der Waals surface area contributed by atoms with Gasteiger partial charge >= 0.3 is 0 Å². The van der Waals surface area contributed by atoms with Crippen LogP contribution in [0.15, 0.2) is 0 Å². The lowest BCUT2D eigenvalue weighted by Crippen LogP contribution is -2.27. The van der Waals surface area contributed by atoms with Crippen LogP contribution in [-0.2, 0) is 0 Å². The molecule has 0 aromatic rings. The van der Waals surface area contributed by atoms with Crippen LogP contribution in [0, 0.1) is 16.7 Å². The first kappa shape index (κ1) is 15.4. The number of nitrogens with one attached hydrogen (secondary N) is 1. The van der Waals surface area contributed by atoms with Gasteiger partial charge in [-0.3, -0.25) is 0 Å². The van der Waals surface area contributed by atoms with E-state index in [1.165, 1.54) is 25.7 Å². The molecule has 0 bridgehead atoms. The van der Waals surface area contributed by atoms with Crippen molar-refractivity contribution in [3.8, 4) is 6.07 Å². The van der Waals surface area contributed by atoms with Gasteiger partial charge in [0.2, 0.25) is 0 Å². The molecule has 0 fully saturated rings. The van der Waals surface area contributed by atoms with Crippen molar-refractivity contribution in [3.05, 3.63) is 0 Å². The molecule has 0 saturated carbocycles. The third kappa shape index (κ3) is 8.73. The summed E-state index contributed by atoms with van der Waals surface area (Å²) in [5, 5.41) is 12.4. The van der Waals surface area contributed by atoms with Crippen LogP contribution >= 0.6 is 0 Å². The molecular formula is C14H28N2. The molecule has 1 unspecified atom stereocenters. The fourth-order valence-corrected chi connectivity index (χ4v) is 1.71. The minimum Gasteiger partial charge on any atom is -0.314 e. The first-order chi connectivity index (χ1) is 7.52. The third-order valence-corrected chi connectivity index (χ3v) is 3.01. The zero-order valence-corrected chi connectivity index (χ0v) is 11.5. The summed E-state index contributed by atoms with van der Waals surface area (Å²) in [7, 11) is 0. The lowest BCUT2D eigenvalue weighted by Gasteiger charge is -2.16.